The van der Waals surface area contributed by atoms with Crippen molar-refractivity contribution in [3.8, 4) is 0 Å². The van der Waals surface area contributed by atoms with Crippen LogP contribution in [0.3, 0.4) is 0 Å². The van der Waals surface area contributed by atoms with Crippen LogP contribution in [-0.2, 0) is 25.6 Å². The van der Waals surface area contributed by atoms with Gasteiger partial charge in [-0.15, -0.1) is 0 Å². The van der Waals surface area contributed by atoms with Crippen molar-refractivity contribution >= 4 is 12.1 Å². The van der Waals surface area contributed by atoms with Crippen LogP contribution in [0.15, 0.2) is 30.3 Å². The van der Waals surface area contributed by atoms with Gasteiger partial charge in [-0.1, -0.05) is 30.3 Å². The molecule has 1 aromatic carbocycles. The van der Waals surface area contributed by atoms with Crippen LogP contribution in [0.4, 0.5) is 4.79 Å². The van der Waals surface area contributed by atoms with E-state index in [9.17, 15) is 9.59 Å². The summed E-state index contributed by atoms with van der Waals surface area (Å²) in [7, 11) is 1.41. The molecule has 1 fully saturated rings. The molecular formula is C24H38N2O5. The average Bonchev–Trinajstić information content (AvgIpc) is 2.98. The van der Waals surface area contributed by atoms with Crippen LogP contribution in [0.1, 0.15) is 52.0 Å². The highest BCUT2D eigenvalue weighted by atomic mass is 16.6. The summed E-state index contributed by atoms with van der Waals surface area (Å²) in [5, 5.41) is 0. The Bertz CT molecular complexity index is 674. The van der Waals surface area contributed by atoms with Crippen molar-refractivity contribution in [3.05, 3.63) is 35.9 Å². The molecule has 174 valence electrons. The summed E-state index contributed by atoms with van der Waals surface area (Å²) in [5.74, 6) is -0.212. The van der Waals surface area contributed by atoms with Gasteiger partial charge >= 0.3 is 12.1 Å². The summed E-state index contributed by atoms with van der Waals surface area (Å²) < 4.78 is 16.4. The quantitative estimate of drug-likeness (QED) is 0.550. The Morgan fingerprint density at radius 1 is 1.03 bits per heavy atom. The number of methoxy groups -OCH3 is 1. The molecule has 7 nitrogen and oxygen atoms in total. The molecule has 1 atom stereocenters. The van der Waals surface area contributed by atoms with E-state index in [1.807, 2.05) is 51.1 Å². The Hall–Kier alpha value is -2.12. The van der Waals surface area contributed by atoms with Crippen LogP contribution in [-0.4, -0.2) is 73.4 Å². The fraction of sp³-hybridized carbons (Fsp3) is 0.667. The number of benzene rings is 1. The van der Waals surface area contributed by atoms with E-state index in [2.05, 4.69) is 4.90 Å². The zero-order valence-corrected chi connectivity index (χ0v) is 19.5. The van der Waals surface area contributed by atoms with Gasteiger partial charge in [-0.3, -0.25) is 4.79 Å². The molecule has 0 aliphatic carbocycles. The predicted octanol–water partition coefficient (Wildman–Crippen LogP) is 3.86. The Morgan fingerprint density at radius 2 is 1.77 bits per heavy atom. The standard InChI is InChI=1S/C24H38N2O5/c1-24(2,3)31-23(28)26-15-8-14-25(17-18-26)16-13-21(11-12-22(27)29-4)30-19-20-9-6-5-7-10-20/h5-7,9-10,21H,8,11-19H2,1-4H3. The molecule has 1 heterocycles. The van der Waals surface area contributed by atoms with Gasteiger partial charge in [0.15, 0.2) is 0 Å². The normalized spacial score (nSPS) is 16.5. The third kappa shape index (κ3) is 10.2. The Morgan fingerprint density at radius 3 is 2.45 bits per heavy atom. The first-order valence-corrected chi connectivity index (χ1v) is 11.2. The van der Waals surface area contributed by atoms with Crippen molar-refractivity contribution in [1.29, 1.82) is 0 Å². The molecule has 1 aromatic rings. The molecule has 0 radical (unpaired) electrons. The molecule has 0 spiro atoms. The number of esters is 1. The molecule has 0 saturated carbocycles. The second kappa shape index (κ2) is 12.7. The molecule has 1 unspecified atom stereocenters. The molecule has 1 aliphatic rings. The maximum Gasteiger partial charge on any atom is 0.410 e. The molecule has 0 bridgehead atoms. The summed E-state index contributed by atoms with van der Waals surface area (Å²) in [6.07, 6.45) is 2.47. The highest BCUT2D eigenvalue weighted by Gasteiger charge is 2.24. The maximum atomic E-state index is 12.4. The van der Waals surface area contributed by atoms with Crippen LogP contribution in [0.5, 0.6) is 0 Å². The minimum Gasteiger partial charge on any atom is -0.469 e. The van der Waals surface area contributed by atoms with Gasteiger partial charge < -0.3 is 24.0 Å². The molecular weight excluding hydrogens is 396 g/mol. The fourth-order valence-electron chi connectivity index (χ4n) is 3.51. The van der Waals surface area contributed by atoms with E-state index in [-0.39, 0.29) is 18.2 Å². The SMILES string of the molecule is COC(=O)CCC(CCN1CCCN(C(=O)OC(C)(C)C)CC1)OCc1ccccc1. The molecule has 2 rings (SSSR count). The van der Waals surface area contributed by atoms with Gasteiger partial charge in [-0.05, 0) is 52.1 Å². The van der Waals surface area contributed by atoms with Gasteiger partial charge in [0.25, 0.3) is 0 Å². The predicted molar refractivity (Wildman–Crippen MR) is 120 cm³/mol. The summed E-state index contributed by atoms with van der Waals surface area (Å²) >= 11 is 0. The van der Waals surface area contributed by atoms with Gasteiger partial charge in [-0.25, -0.2) is 4.79 Å². The van der Waals surface area contributed by atoms with Crippen LogP contribution >= 0.6 is 0 Å². The number of ether oxygens (including phenoxy) is 3. The van der Waals surface area contributed by atoms with Crippen molar-refractivity contribution in [2.24, 2.45) is 0 Å². The van der Waals surface area contributed by atoms with E-state index in [1.54, 1.807) is 4.90 Å². The summed E-state index contributed by atoms with van der Waals surface area (Å²) in [6, 6.07) is 10.1. The lowest BCUT2D eigenvalue weighted by molar-refractivity contribution is -0.141. The van der Waals surface area contributed by atoms with Crippen LogP contribution in [0.25, 0.3) is 0 Å². The molecule has 1 amide bonds. The Balaban J connectivity index is 1.83. The summed E-state index contributed by atoms with van der Waals surface area (Å²) in [4.78, 5) is 28.1. The highest BCUT2D eigenvalue weighted by molar-refractivity contribution is 5.69. The van der Waals surface area contributed by atoms with E-state index in [1.165, 1.54) is 7.11 Å². The van der Waals surface area contributed by atoms with E-state index in [0.717, 1.165) is 38.0 Å². The lowest BCUT2D eigenvalue weighted by Gasteiger charge is -2.27. The van der Waals surface area contributed by atoms with Crippen molar-refractivity contribution in [3.63, 3.8) is 0 Å². The molecule has 0 aromatic heterocycles. The zero-order chi connectivity index (χ0) is 22.7. The van der Waals surface area contributed by atoms with Crippen LogP contribution in [0, 0.1) is 0 Å². The molecule has 1 aliphatic heterocycles. The minimum absolute atomic E-state index is 0.0236. The topological polar surface area (TPSA) is 68.3 Å². The zero-order valence-electron chi connectivity index (χ0n) is 19.5. The number of carbonyl (C=O) groups is 2. The van der Waals surface area contributed by atoms with E-state index in [4.69, 9.17) is 14.2 Å². The number of rotatable bonds is 9. The lowest BCUT2D eigenvalue weighted by atomic mass is 10.1. The van der Waals surface area contributed by atoms with E-state index in [0.29, 0.717) is 32.5 Å². The van der Waals surface area contributed by atoms with Crippen LogP contribution < -0.4 is 0 Å². The number of nitrogens with zero attached hydrogens (tertiary/aromatic N) is 2. The number of carbonyl (C=O) groups excluding carboxylic acids is 2. The van der Waals surface area contributed by atoms with Crippen molar-refractivity contribution in [2.45, 2.75) is 64.8 Å². The second-order valence-corrected chi connectivity index (χ2v) is 8.98. The van der Waals surface area contributed by atoms with E-state index < -0.39 is 5.60 Å². The largest absolute Gasteiger partial charge is 0.469 e. The Labute approximate surface area is 186 Å². The molecule has 0 N–H and O–H groups in total. The van der Waals surface area contributed by atoms with Gasteiger partial charge in [-0.2, -0.15) is 0 Å². The van der Waals surface area contributed by atoms with Crippen molar-refractivity contribution < 1.29 is 23.8 Å². The summed E-state index contributed by atoms with van der Waals surface area (Å²) in [5.41, 5.74) is 0.639. The smallest absolute Gasteiger partial charge is 0.410 e. The summed E-state index contributed by atoms with van der Waals surface area (Å²) in [6.45, 7) is 10.2. The lowest BCUT2D eigenvalue weighted by Crippen LogP contribution is -2.39. The first kappa shape index (κ1) is 25.1. The molecule has 7 heteroatoms. The monoisotopic (exact) mass is 434 g/mol. The maximum absolute atomic E-state index is 12.4. The van der Waals surface area contributed by atoms with Crippen LogP contribution in [0.2, 0.25) is 0 Å². The fourth-order valence-corrected chi connectivity index (χ4v) is 3.51. The van der Waals surface area contributed by atoms with Gasteiger partial charge in [0.1, 0.15) is 5.60 Å². The van der Waals surface area contributed by atoms with Gasteiger partial charge in [0.2, 0.25) is 0 Å². The van der Waals surface area contributed by atoms with Crippen molar-refractivity contribution in [2.75, 3.05) is 39.8 Å². The number of hydrogen-bond acceptors (Lipinski definition) is 6. The first-order chi connectivity index (χ1) is 14.8. The van der Waals surface area contributed by atoms with Crippen molar-refractivity contribution in [1.82, 2.24) is 9.80 Å². The van der Waals surface area contributed by atoms with E-state index >= 15 is 0 Å². The van der Waals surface area contributed by atoms with Gasteiger partial charge in [0.05, 0.1) is 19.8 Å². The Kier molecular flexibility index (Phi) is 10.3. The number of amides is 1. The number of hydrogen-bond donors (Lipinski definition) is 0. The highest BCUT2D eigenvalue weighted by Crippen LogP contribution is 2.15. The minimum atomic E-state index is -0.480. The molecule has 1 saturated heterocycles. The third-order valence-corrected chi connectivity index (χ3v) is 5.23. The second-order valence-electron chi connectivity index (χ2n) is 8.98. The molecule has 31 heavy (non-hydrogen) atoms. The third-order valence-electron chi connectivity index (χ3n) is 5.23. The van der Waals surface area contributed by atoms with Gasteiger partial charge in [0, 0.05) is 32.6 Å². The average molecular weight is 435 g/mol. The first-order valence-electron chi connectivity index (χ1n) is 11.2.